The van der Waals surface area contributed by atoms with Gasteiger partial charge in [-0.15, -0.1) is 0 Å². The molecule has 0 aliphatic heterocycles. The third kappa shape index (κ3) is 52.1. The molecule has 0 rings (SSSR count). The maximum Gasteiger partial charge on any atom is 0.306 e. The second kappa shape index (κ2) is 53.9. The Morgan fingerprint density at radius 3 is 0.970 bits per heavy atom. The van der Waals surface area contributed by atoms with Crippen LogP contribution in [0.5, 0.6) is 0 Å². The maximum atomic E-state index is 12.8. The summed E-state index contributed by atoms with van der Waals surface area (Å²) < 4.78 is 16.7. The number of esters is 3. The molecule has 0 N–H and O–H groups in total. The summed E-state index contributed by atoms with van der Waals surface area (Å²) in [7, 11) is 0. The molecular formula is C61H94O6. The van der Waals surface area contributed by atoms with E-state index in [9.17, 15) is 14.4 Å². The molecule has 0 aliphatic rings. The van der Waals surface area contributed by atoms with Gasteiger partial charge in [0, 0.05) is 19.3 Å². The highest BCUT2D eigenvalue weighted by Gasteiger charge is 2.19. The van der Waals surface area contributed by atoms with Crippen LogP contribution in [0.4, 0.5) is 0 Å². The van der Waals surface area contributed by atoms with Crippen molar-refractivity contribution in [1.29, 1.82) is 0 Å². The normalized spacial score (nSPS) is 13.3. The van der Waals surface area contributed by atoms with Crippen molar-refractivity contribution in [1.82, 2.24) is 0 Å². The van der Waals surface area contributed by atoms with Crippen LogP contribution in [0.1, 0.15) is 201 Å². The molecule has 0 spiro atoms. The lowest BCUT2D eigenvalue weighted by Crippen LogP contribution is -2.30. The van der Waals surface area contributed by atoms with E-state index in [1.807, 2.05) is 0 Å². The molecule has 374 valence electrons. The summed E-state index contributed by atoms with van der Waals surface area (Å²) in [6, 6.07) is 0. The molecule has 0 aromatic rings. The zero-order valence-electron chi connectivity index (χ0n) is 42.6. The van der Waals surface area contributed by atoms with Gasteiger partial charge in [0.25, 0.3) is 0 Å². The lowest BCUT2D eigenvalue weighted by molar-refractivity contribution is -0.167. The Morgan fingerprint density at radius 1 is 0.313 bits per heavy atom. The average Bonchev–Trinajstić information content (AvgIpc) is 3.33. The summed E-state index contributed by atoms with van der Waals surface area (Å²) in [5, 5.41) is 0. The lowest BCUT2D eigenvalue weighted by atomic mass is 10.1. The molecule has 0 unspecified atom stereocenters. The Hall–Kier alpha value is -4.71. The molecular weight excluding hydrogens is 829 g/mol. The smallest absolute Gasteiger partial charge is 0.306 e. The van der Waals surface area contributed by atoms with Gasteiger partial charge in [0.15, 0.2) is 6.10 Å². The zero-order valence-corrected chi connectivity index (χ0v) is 42.6. The predicted octanol–water partition coefficient (Wildman–Crippen LogP) is 17.6. The van der Waals surface area contributed by atoms with E-state index in [1.165, 1.54) is 25.7 Å². The first-order valence-corrected chi connectivity index (χ1v) is 26.3. The Morgan fingerprint density at radius 2 is 0.597 bits per heavy atom. The van der Waals surface area contributed by atoms with E-state index >= 15 is 0 Å². The lowest BCUT2D eigenvalue weighted by Gasteiger charge is -2.18. The largest absolute Gasteiger partial charge is 0.462 e. The van der Waals surface area contributed by atoms with Crippen molar-refractivity contribution in [2.24, 2.45) is 0 Å². The van der Waals surface area contributed by atoms with Crippen molar-refractivity contribution >= 4 is 17.9 Å². The van der Waals surface area contributed by atoms with Crippen LogP contribution < -0.4 is 0 Å². The fourth-order valence-electron chi connectivity index (χ4n) is 6.41. The van der Waals surface area contributed by atoms with Gasteiger partial charge in [0.2, 0.25) is 0 Å². The van der Waals surface area contributed by atoms with Crippen molar-refractivity contribution in [3.8, 4) is 0 Å². The van der Waals surface area contributed by atoms with Gasteiger partial charge in [-0.2, -0.15) is 0 Å². The second-order valence-electron chi connectivity index (χ2n) is 16.7. The minimum absolute atomic E-state index is 0.132. The van der Waals surface area contributed by atoms with Crippen LogP contribution in [0.3, 0.4) is 0 Å². The number of unbranched alkanes of at least 4 members (excludes halogenated alkanes) is 10. The van der Waals surface area contributed by atoms with Crippen molar-refractivity contribution in [2.45, 2.75) is 207 Å². The molecule has 0 radical (unpaired) electrons. The van der Waals surface area contributed by atoms with Gasteiger partial charge in [-0.1, -0.05) is 192 Å². The quantitative estimate of drug-likeness (QED) is 0.0262. The van der Waals surface area contributed by atoms with Crippen molar-refractivity contribution in [3.63, 3.8) is 0 Å². The molecule has 0 aromatic carbocycles. The third-order valence-electron chi connectivity index (χ3n) is 10.3. The van der Waals surface area contributed by atoms with Gasteiger partial charge >= 0.3 is 17.9 Å². The highest BCUT2D eigenvalue weighted by molar-refractivity contribution is 5.71. The summed E-state index contributed by atoms with van der Waals surface area (Å²) in [5.41, 5.74) is 0. The van der Waals surface area contributed by atoms with Crippen LogP contribution in [-0.2, 0) is 28.6 Å². The molecule has 0 saturated heterocycles. The van der Waals surface area contributed by atoms with E-state index in [0.29, 0.717) is 19.3 Å². The standard InChI is InChI=1S/C61H94O6/c1-4-7-10-13-16-19-22-25-28-30-33-36-39-42-45-48-51-54-60(63)66-57-58(56-65-59(62)53-50-47-44-41-38-35-32-27-24-21-18-15-12-9-6-3)67-61(64)55-52-49-46-43-40-37-34-31-29-26-23-20-17-14-11-8-5-2/h8-9,11-12,16-21,25-29,32-34,36-38,41,43,46,58H,4-7,10,13-15,22-24,30-31,35,39-40,42,44-45,47-57H2,1-3H3/b11-8-,12-9-,19-16-,20-17-,21-18-,28-25-,29-26-,32-27-,36-33-,37-34-,41-38-,46-43-/t58-/m1/s1. The summed E-state index contributed by atoms with van der Waals surface area (Å²) in [6.07, 6.45) is 76.9. The van der Waals surface area contributed by atoms with Gasteiger partial charge in [0.1, 0.15) is 13.2 Å². The Labute approximate surface area is 410 Å². The Kier molecular flexibility index (Phi) is 50.1. The summed E-state index contributed by atoms with van der Waals surface area (Å²) in [4.78, 5) is 38.0. The summed E-state index contributed by atoms with van der Waals surface area (Å²) >= 11 is 0. The number of allylic oxidation sites excluding steroid dienone is 24. The van der Waals surface area contributed by atoms with Crippen molar-refractivity contribution < 1.29 is 28.6 Å². The van der Waals surface area contributed by atoms with Crippen molar-refractivity contribution in [2.75, 3.05) is 13.2 Å². The average molecular weight is 923 g/mol. The second-order valence-corrected chi connectivity index (χ2v) is 16.7. The Bertz CT molecular complexity index is 1530. The van der Waals surface area contributed by atoms with Gasteiger partial charge < -0.3 is 14.2 Å². The van der Waals surface area contributed by atoms with Gasteiger partial charge in [-0.25, -0.2) is 0 Å². The molecule has 0 amide bonds. The Balaban J connectivity index is 4.62. The van der Waals surface area contributed by atoms with Crippen LogP contribution in [0.2, 0.25) is 0 Å². The zero-order chi connectivity index (χ0) is 48.6. The van der Waals surface area contributed by atoms with Gasteiger partial charge in [-0.3, -0.25) is 14.4 Å². The molecule has 0 heterocycles. The van der Waals surface area contributed by atoms with Gasteiger partial charge in [0.05, 0.1) is 0 Å². The fourth-order valence-corrected chi connectivity index (χ4v) is 6.41. The summed E-state index contributed by atoms with van der Waals surface area (Å²) in [5.74, 6) is -1.06. The monoisotopic (exact) mass is 923 g/mol. The van der Waals surface area contributed by atoms with E-state index in [4.69, 9.17) is 14.2 Å². The first kappa shape index (κ1) is 62.3. The van der Waals surface area contributed by atoms with E-state index in [1.54, 1.807) is 0 Å². The number of ether oxygens (including phenoxy) is 3. The molecule has 0 saturated carbocycles. The topological polar surface area (TPSA) is 78.9 Å². The van der Waals surface area contributed by atoms with Crippen LogP contribution in [0, 0.1) is 0 Å². The first-order chi connectivity index (χ1) is 33.0. The first-order valence-electron chi connectivity index (χ1n) is 26.3. The van der Waals surface area contributed by atoms with E-state index in [2.05, 4.69) is 167 Å². The van der Waals surface area contributed by atoms with Crippen LogP contribution in [0.25, 0.3) is 0 Å². The maximum absolute atomic E-state index is 12.8. The van der Waals surface area contributed by atoms with E-state index in [0.717, 1.165) is 122 Å². The number of rotatable bonds is 45. The fraction of sp³-hybridized carbons (Fsp3) is 0.557. The molecule has 0 aromatic heterocycles. The van der Waals surface area contributed by atoms with Crippen LogP contribution in [-0.4, -0.2) is 37.2 Å². The summed E-state index contributed by atoms with van der Waals surface area (Å²) in [6.45, 7) is 6.25. The molecule has 0 fully saturated rings. The number of hydrogen-bond donors (Lipinski definition) is 0. The third-order valence-corrected chi connectivity index (χ3v) is 10.3. The highest BCUT2D eigenvalue weighted by atomic mass is 16.6. The molecule has 6 nitrogen and oxygen atoms in total. The minimum Gasteiger partial charge on any atom is -0.462 e. The van der Waals surface area contributed by atoms with Crippen LogP contribution >= 0.6 is 0 Å². The SMILES string of the molecule is CC/C=C\C/C=C\C/C=C\C/C=C\C/C=C\CCCC(=O)O[C@H](COC(=O)CCCC/C=C\C/C=C\C/C=C\C/C=C\CC)COC(=O)CCCCCC/C=C\C/C=C\C/C=C\CCCCC. The predicted molar refractivity (Wildman–Crippen MR) is 288 cm³/mol. The number of carbonyl (C=O) groups is 3. The molecule has 1 atom stereocenters. The molecule has 67 heavy (non-hydrogen) atoms. The molecule has 0 bridgehead atoms. The minimum atomic E-state index is -0.841. The van der Waals surface area contributed by atoms with Crippen LogP contribution in [0.15, 0.2) is 146 Å². The van der Waals surface area contributed by atoms with E-state index in [-0.39, 0.29) is 38.0 Å². The van der Waals surface area contributed by atoms with Crippen molar-refractivity contribution in [3.05, 3.63) is 146 Å². The molecule has 6 heteroatoms. The number of carbonyl (C=O) groups excluding carboxylic acids is 3. The highest BCUT2D eigenvalue weighted by Crippen LogP contribution is 2.11. The molecule has 0 aliphatic carbocycles. The van der Waals surface area contributed by atoms with E-state index < -0.39 is 12.1 Å². The van der Waals surface area contributed by atoms with Gasteiger partial charge in [-0.05, 0) is 135 Å². The number of hydrogen-bond acceptors (Lipinski definition) is 6.